The third-order valence-corrected chi connectivity index (χ3v) is 6.27. The summed E-state index contributed by atoms with van der Waals surface area (Å²) < 4.78 is 10.7. The zero-order valence-corrected chi connectivity index (χ0v) is 16.4. The molecule has 1 fully saturated rings. The van der Waals surface area contributed by atoms with Crippen LogP contribution in [0.2, 0.25) is 0 Å². The maximum absolute atomic E-state index is 5.35. The van der Waals surface area contributed by atoms with Gasteiger partial charge in [0.1, 0.15) is 11.5 Å². The number of nitrogens with one attached hydrogen (secondary N) is 2. The van der Waals surface area contributed by atoms with Gasteiger partial charge in [0.05, 0.1) is 14.2 Å². The van der Waals surface area contributed by atoms with Crippen LogP contribution in [-0.2, 0) is 6.42 Å². The van der Waals surface area contributed by atoms with Crippen LogP contribution in [0.4, 0.5) is 5.69 Å². The van der Waals surface area contributed by atoms with E-state index in [1.807, 2.05) is 18.2 Å². The quantitative estimate of drug-likeness (QED) is 0.705. The summed E-state index contributed by atoms with van der Waals surface area (Å²) in [5, 5.41) is 7.37. The Labute approximate surface area is 162 Å². The lowest BCUT2D eigenvalue weighted by Crippen LogP contribution is -2.36. The second kappa shape index (κ2) is 7.81. The van der Waals surface area contributed by atoms with E-state index in [4.69, 9.17) is 9.47 Å². The van der Waals surface area contributed by atoms with Gasteiger partial charge in [-0.1, -0.05) is 37.1 Å². The van der Waals surface area contributed by atoms with Crippen molar-refractivity contribution in [2.75, 3.05) is 32.6 Å². The number of methoxy groups -OCH3 is 2. The van der Waals surface area contributed by atoms with Gasteiger partial charge in [-0.2, -0.15) is 0 Å². The molecule has 2 N–H and O–H groups in total. The molecule has 0 bridgehead atoms. The highest BCUT2D eigenvalue weighted by atomic mass is 16.5. The molecule has 0 heterocycles. The Morgan fingerprint density at radius 2 is 1.67 bits per heavy atom. The first-order chi connectivity index (χ1) is 13.2. The van der Waals surface area contributed by atoms with Gasteiger partial charge in [-0.25, -0.2) is 0 Å². The van der Waals surface area contributed by atoms with Crippen LogP contribution in [0.3, 0.4) is 0 Å². The minimum Gasteiger partial charge on any atom is -0.497 e. The maximum Gasteiger partial charge on any atom is 0.124 e. The number of ether oxygens (including phenoxy) is 2. The average molecular weight is 367 g/mol. The Bertz CT molecular complexity index is 761. The van der Waals surface area contributed by atoms with E-state index in [0.29, 0.717) is 11.5 Å². The van der Waals surface area contributed by atoms with Crippen LogP contribution in [-0.4, -0.2) is 27.3 Å². The molecule has 0 radical (unpaired) electrons. The molecule has 2 aliphatic carbocycles. The van der Waals surface area contributed by atoms with Crippen molar-refractivity contribution in [3.05, 3.63) is 53.6 Å². The average Bonchev–Trinajstić information content (AvgIpc) is 3.29. The van der Waals surface area contributed by atoms with Crippen LogP contribution in [0.15, 0.2) is 42.5 Å². The van der Waals surface area contributed by atoms with Crippen LogP contribution >= 0.6 is 0 Å². The summed E-state index contributed by atoms with van der Waals surface area (Å²) in [6.45, 7) is 1.80. The normalized spacial score (nSPS) is 19.9. The molecule has 1 saturated carbocycles. The molecule has 1 unspecified atom stereocenters. The van der Waals surface area contributed by atoms with Crippen molar-refractivity contribution in [2.45, 2.75) is 38.1 Å². The molecular formula is C23H30N2O2. The molecule has 0 amide bonds. The first-order valence-corrected chi connectivity index (χ1v) is 10.0. The monoisotopic (exact) mass is 366 g/mol. The van der Waals surface area contributed by atoms with E-state index in [1.165, 1.54) is 37.7 Å². The van der Waals surface area contributed by atoms with E-state index in [1.54, 1.807) is 19.8 Å². The highest BCUT2D eigenvalue weighted by Gasteiger charge is 2.46. The van der Waals surface area contributed by atoms with E-state index in [0.717, 1.165) is 30.3 Å². The van der Waals surface area contributed by atoms with E-state index in [-0.39, 0.29) is 0 Å². The van der Waals surface area contributed by atoms with Crippen molar-refractivity contribution in [1.29, 1.82) is 0 Å². The van der Waals surface area contributed by atoms with Gasteiger partial charge in [-0.15, -0.1) is 0 Å². The minimum absolute atomic E-state index is 0.433. The Morgan fingerprint density at radius 3 is 2.37 bits per heavy atom. The summed E-state index contributed by atoms with van der Waals surface area (Å²) in [5.41, 5.74) is 4.52. The molecule has 2 aliphatic rings. The van der Waals surface area contributed by atoms with Crippen LogP contribution < -0.4 is 20.1 Å². The molecule has 4 heteroatoms. The predicted octanol–water partition coefficient (Wildman–Crippen LogP) is 4.56. The van der Waals surface area contributed by atoms with Gasteiger partial charge in [0.2, 0.25) is 0 Å². The molecule has 27 heavy (non-hydrogen) atoms. The molecule has 2 aromatic carbocycles. The Morgan fingerprint density at radius 1 is 0.963 bits per heavy atom. The number of rotatable bonds is 7. The molecule has 0 aliphatic heterocycles. The van der Waals surface area contributed by atoms with E-state index >= 15 is 0 Å². The topological polar surface area (TPSA) is 42.5 Å². The standard InChI is InChI=1S/C23H30N2O2/c1-26-19-13-18(14-20(15-19)27-2)24-11-12-25-22-21-8-4-3-7-17(21)16-23(22)9-5-6-10-23/h3-4,7-8,13-15,22,24-25H,5-6,9-12,16H2,1-2H3. The SMILES string of the molecule is COc1cc(NCCNC2c3ccccc3CC23CCCC3)cc(OC)c1. The van der Waals surface area contributed by atoms with Gasteiger partial charge < -0.3 is 20.1 Å². The van der Waals surface area contributed by atoms with Gasteiger partial charge >= 0.3 is 0 Å². The predicted molar refractivity (Wildman–Crippen MR) is 110 cm³/mol. The number of hydrogen-bond acceptors (Lipinski definition) is 4. The summed E-state index contributed by atoms with van der Waals surface area (Å²) in [7, 11) is 3.36. The zero-order valence-electron chi connectivity index (χ0n) is 16.4. The van der Waals surface area contributed by atoms with Crippen LogP contribution in [0.5, 0.6) is 11.5 Å². The van der Waals surface area contributed by atoms with Gasteiger partial charge in [0.15, 0.2) is 0 Å². The first-order valence-electron chi connectivity index (χ1n) is 10.0. The summed E-state index contributed by atoms with van der Waals surface area (Å²) in [6, 6.07) is 15.4. The zero-order chi connectivity index (χ0) is 18.7. The molecule has 1 atom stereocenters. The van der Waals surface area contributed by atoms with Crippen LogP contribution in [0.1, 0.15) is 42.9 Å². The summed E-state index contributed by atoms with van der Waals surface area (Å²) in [5.74, 6) is 1.61. The van der Waals surface area contributed by atoms with Crippen molar-refractivity contribution >= 4 is 5.69 Å². The third kappa shape index (κ3) is 3.63. The Balaban J connectivity index is 1.40. The molecule has 0 aromatic heterocycles. The lowest BCUT2D eigenvalue weighted by Gasteiger charge is -2.32. The molecule has 1 spiro atoms. The Hall–Kier alpha value is -2.20. The van der Waals surface area contributed by atoms with Crippen molar-refractivity contribution in [3.63, 3.8) is 0 Å². The second-order valence-corrected chi connectivity index (χ2v) is 7.86. The van der Waals surface area contributed by atoms with Crippen molar-refractivity contribution < 1.29 is 9.47 Å². The van der Waals surface area contributed by atoms with Crippen LogP contribution in [0.25, 0.3) is 0 Å². The fourth-order valence-corrected chi connectivity index (χ4v) is 4.99. The van der Waals surface area contributed by atoms with Crippen molar-refractivity contribution in [1.82, 2.24) is 5.32 Å². The van der Waals surface area contributed by atoms with Gasteiger partial charge in [0, 0.05) is 43.0 Å². The highest BCUT2D eigenvalue weighted by Crippen LogP contribution is 2.55. The molecule has 144 valence electrons. The van der Waals surface area contributed by atoms with Gasteiger partial charge in [-0.05, 0) is 35.8 Å². The number of benzene rings is 2. The molecule has 0 saturated heterocycles. The lowest BCUT2D eigenvalue weighted by molar-refractivity contribution is 0.220. The largest absolute Gasteiger partial charge is 0.497 e. The number of fused-ring (bicyclic) bond motifs is 1. The summed E-state index contributed by atoms with van der Waals surface area (Å²) in [4.78, 5) is 0. The molecular weight excluding hydrogens is 336 g/mol. The van der Waals surface area contributed by atoms with Gasteiger partial charge in [0.25, 0.3) is 0 Å². The summed E-state index contributed by atoms with van der Waals surface area (Å²) >= 11 is 0. The first kappa shape index (κ1) is 18.2. The third-order valence-electron chi connectivity index (χ3n) is 6.27. The number of anilines is 1. The van der Waals surface area contributed by atoms with Crippen molar-refractivity contribution in [3.8, 4) is 11.5 Å². The van der Waals surface area contributed by atoms with E-state index in [9.17, 15) is 0 Å². The second-order valence-electron chi connectivity index (χ2n) is 7.86. The maximum atomic E-state index is 5.35. The fraction of sp³-hybridized carbons (Fsp3) is 0.478. The minimum atomic E-state index is 0.433. The van der Waals surface area contributed by atoms with Crippen LogP contribution in [0, 0.1) is 5.41 Å². The van der Waals surface area contributed by atoms with Gasteiger partial charge in [-0.3, -0.25) is 0 Å². The highest BCUT2D eigenvalue weighted by molar-refractivity contribution is 5.53. The number of hydrogen-bond donors (Lipinski definition) is 2. The summed E-state index contributed by atoms with van der Waals surface area (Å²) in [6.07, 6.45) is 6.67. The van der Waals surface area contributed by atoms with Crippen molar-refractivity contribution in [2.24, 2.45) is 5.41 Å². The fourth-order valence-electron chi connectivity index (χ4n) is 4.99. The van der Waals surface area contributed by atoms with E-state index in [2.05, 4.69) is 34.9 Å². The molecule has 4 nitrogen and oxygen atoms in total. The molecule has 2 aromatic rings. The Kier molecular flexibility index (Phi) is 5.26. The van der Waals surface area contributed by atoms with E-state index < -0.39 is 0 Å². The molecule has 4 rings (SSSR count). The lowest BCUT2D eigenvalue weighted by atomic mass is 9.79. The smallest absolute Gasteiger partial charge is 0.124 e.